The van der Waals surface area contributed by atoms with Gasteiger partial charge in [0.05, 0.1) is 11.0 Å². The summed E-state index contributed by atoms with van der Waals surface area (Å²) in [5.41, 5.74) is 11.0. The van der Waals surface area contributed by atoms with E-state index < -0.39 is 0 Å². The van der Waals surface area contributed by atoms with E-state index in [0.717, 1.165) is 0 Å². The Morgan fingerprint density at radius 1 is 0.213 bits per heavy atom. The maximum Gasteiger partial charge on any atom is 0.0547 e. The van der Waals surface area contributed by atoms with Crippen LogP contribution in [0.5, 0.6) is 0 Å². The molecule has 0 radical (unpaired) electrons. The van der Waals surface area contributed by atoms with Crippen molar-refractivity contribution in [3.05, 3.63) is 224 Å². The molecule has 1 nitrogen and oxygen atoms in total. The first-order chi connectivity index (χ1) is 30.3. The normalized spacial score (nSPS) is 11.9. The van der Waals surface area contributed by atoms with Gasteiger partial charge in [-0.15, -0.1) is 0 Å². The van der Waals surface area contributed by atoms with Crippen LogP contribution in [0.15, 0.2) is 224 Å². The first-order valence-corrected chi connectivity index (χ1v) is 21.2. The van der Waals surface area contributed by atoms with Crippen LogP contribution in [0.25, 0.3) is 126 Å². The van der Waals surface area contributed by atoms with E-state index >= 15 is 0 Å². The topological polar surface area (TPSA) is 4.93 Å². The van der Waals surface area contributed by atoms with Crippen molar-refractivity contribution in [2.24, 2.45) is 0 Å². The lowest BCUT2D eigenvalue weighted by Crippen LogP contribution is -1.93. The van der Waals surface area contributed by atoms with Gasteiger partial charge in [0.1, 0.15) is 0 Å². The number of hydrogen-bond acceptors (Lipinski definition) is 0. The number of hydrogen-bond donors (Lipinski definition) is 0. The Balaban J connectivity index is 1.05. The molecule has 1 heterocycles. The van der Waals surface area contributed by atoms with Gasteiger partial charge in [-0.3, -0.25) is 0 Å². The summed E-state index contributed by atoms with van der Waals surface area (Å²) in [6.45, 7) is 0. The average molecular weight is 772 g/mol. The highest BCUT2D eigenvalue weighted by atomic mass is 15.0. The second-order valence-corrected chi connectivity index (χ2v) is 16.3. The molecule has 282 valence electrons. The van der Waals surface area contributed by atoms with Gasteiger partial charge in [-0.05, 0) is 134 Å². The van der Waals surface area contributed by atoms with Gasteiger partial charge >= 0.3 is 0 Å². The van der Waals surface area contributed by atoms with Crippen LogP contribution in [0.3, 0.4) is 0 Å². The Morgan fingerprint density at radius 2 is 0.689 bits per heavy atom. The number of fused-ring (bicyclic) bond motifs is 15. The van der Waals surface area contributed by atoms with Crippen LogP contribution in [-0.2, 0) is 0 Å². The molecule has 0 spiro atoms. The van der Waals surface area contributed by atoms with E-state index in [1.54, 1.807) is 0 Å². The van der Waals surface area contributed by atoms with E-state index in [-0.39, 0.29) is 0 Å². The molecule has 0 saturated carbocycles. The predicted molar refractivity (Wildman–Crippen MR) is 262 cm³/mol. The minimum atomic E-state index is 1.17. The summed E-state index contributed by atoms with van der Waals surface area (Å²) < 4.78 is 2.40. The zero-order valence-electron chi connectivity index (χ0n) is 33.3. The van der Waals surface area contributed by atoms with E-state index in [1.165, 1.54) is 126 Å². The lowest BCUT2D eigenvalue weighted by molar-refractivity contribution is 1.18. The minimum Gasteiger partial charge on any atom is -0.309 e. The molecule has 0 aliphatic heterocycles. The number of rotatable bonds is 4. The Hall–Kier alpha value is -8.00. The highest BCUT2D eigenvalue weighted by Crippen LogP contribution is 2.47. The lowest BCUT2D eigenvalue weighted by atomic mass is 9.85. The number of nitrogens with zero attached hydrogens (tertiary/aromatic N) is 1. The maximum atomic E-state index is 2.45. The fourth-order valence-electron chi connectivity index (χ4n) is 10.5. The molecule has 12 aromatic carbocycles. The molecule has 0 aliphatic rings. The molecular weight excluding hydrogens is 735 g/mol. The van der Waals surface area contributed by atoms with Crippen LogP contribution in [0.4, 0.5) is 0 Å². The average Bonchev–Trinajstić information content (AvgIpc) is 3.68. The van der Waals surface area contributed by atoms with Gasteiger partial charge in [0.25, 0.3) is 0 Å². The van der Waals surface area contributed by atoms with Crippen LogP contribution in [0, 0.1) is 0 Å². The summed E-state index contributed by atoms with van der Waals surface area (Å²) in [4.78, 5) is 0. The van der Waals surface area contributed by atoms with Gasteiger partial charge in [-0.2, -0.15) is 0 Å². The standard InChI is InChI=1S/C60H37N/c1-3-16-38(17-4-1)39-30-32-51-54(36-39)45-22-9-11-24-49(45)60-52-33-31-40(37-55(52)46-23-10-12-25-50(46)59(51)60)42-34-35-47(44-21-8-7-20-43(42)44)48-27-15-29-57-58(48)53-26-13-14-28-56(53)61(57)41-18-5-2-6-19-41/h1-37H. The third-order valence-corrected chi connectivity index (χ3v) is 13.1. The molecule has 1 aromatic heterocycles. The molecule has 0 unspecified atom stereocenters. The van der Waals surface area contributed by atoms with Crippen LogP contribution >= 0.6 is 0 Å². The fraction of sp³-hybridized carbons (Fsp3) is 0. The number of benzene rings is 12. The Morgan fingerprint density at radius 3 is 1.36 bits per heavy atom. The van der Waals surface area contributed by atoms with E-state index in [4.69, 9.17) is 0 Å². The quantitative estimate of drug-likeness (QED) is 0.157. The lowest BCUT2D eigenvalue weighted by Gasteiger charge is -2.18. The van der Waals surface area contributed by atoms with E-state index in [9.17, 15) is 0 Å². The summed E-state index contributed by atoms with van der Waals surface area (Å²) in [5.74, 6) is 0. The van der Waals surface area contributed by atoms with Crippen molar-refractivity contribution in [3.8, 4) is 39.1 Å². The molecule has 0 fully saturated rings. The summed E-state index contributed by atoms with van der Waals surface area (Å²) in [5, 5.41) is 17.9. The first-order valence-electron chi connectivity index (χ1n) is 21.2. The van der Waals surface area contributed by atoms with Crippen LogP contribution in [0.2, 0.25) is 0 Å². The van der Waals surface area contributed by atoms with Crippen molar-refractivity contribution in [2.45, 2.75) is 0 Å². The molecule has 61 heavy (non-hydrogen) atoms. The smallest absolute Gasteiger partial charge is 0.0547 e. The summed E-state index contributed by atoms with van der Waals surface area (Å²) in [7, 11) is 0. The van der Waals surface area contributed by atoms with Crippen molar-refractivity contribution in [1.29, 1.82) is 0 Å². The molecule has 0 aliphatic carbocycles. The molecule has 0 N–H and O–H groups in total. The van der Waals surface area contributed by atoms with E-state index in [0.29, 0.717) is 0 Å². The summed E-state index contributed by atoms with van der Waals surface area (Å²) >= 11 is 0. The zero-order chi connectivity index (χ0) is 40.0. The van der Waals surface area contributed by atoms with Crippen LogP contribution < -0.4 is 0 Å². The van der Waals surface area contributed by atoms with Gasteiger partial charge in [0.15, 0.2) is 0 Å². The molecule has 13 rings (SSSR count). The summed E-state index contributed by atoms with van der Waals surface area (Å²) in [6, 6.07) is 83.0. The van der Waals surface area contributed by atoms with Gasteiger partial charge < -0.3 is 4.57 Å². The molecule has 1 heteroatoms. The van der Waals surface area contributed by atoms with Gasteiger partial charge in [-0.25, -0.2) is 0 Å². The van der Waals surface area contributed by atoms with E-state index in [2.05, 4.69) is 229 Å². The summed E-state index contributed by atoms with van der Waals surface area (Å²) in [6.07, 6.45) is 0. The van der Waals surface area contributed by atoms with Gasteiger partial charge in [0, 0.05) is 16.5 Å². The highest BCUT2D eigenvalue weighted by molar-refractivity contribution is 6.40. The predicted octanol–water partition coefficient (Wildman–Crippen LogP) is 16.7. The van der Waals surface area contributed by atoms with Crippen molar-refractivity contribution in [3.63, 3.8) is 0 Å². The van der Waals surface area contributed by atoms with Crippen LogP contribution in [0.1, 0.15) is 0 Å². The highest BCUT2D eigenvalue weighted by Gasteiger charge is 2.20. The maximum absolute atomic E-state index is 2.45. The molecular formula is C60H37N. The Labute approximate surface area is 353 Å². The van der Waals surface area contributed by atoms with Crippen molar-refractivity contribution < 1.29 is 0 Å². The van der Waals surface area contributed by atoms with Crippen molar-refractivity contribution in [2.75, 3.05) is 0 Å². The third kappa shape index (κ3) is 5.02. The zero-order valence-corrected chi connectivity index (χ0v) is 33.3. The fourth-order valence-corrected chi connectivity index (χ4v) is 10.5. The molecule has 0 amide bonds. The van der Waals surface area contributed by atoms with Crippen molar-refractivity contribution >= 4 is 86.4 Å². The molecule has 0 atom stereocenters. The van der Waals surface area contributed by atoms with Gasteiger partial charge in [0.2, 0.25) is 0 Å². The largest absolute Gasteiger partial charge is 0.309 e. The third-order valence-electron chi connectivity index (χ3n) is 13.1. The van der Waals surface area contributed by atoms with E-state index in [1.807, 2.05) is 0 Å². The van der Waals surface area contributed by atoms with Gasteiger partial charge in [-0.1, -0.05) is 188 Å². The Kier molecular flexibility index (Phi) is 7.37. The number of aromatic nitrogens is 1. The minimum absolute atomic E-state index is 1.17. The number of para-hydroxylation sites is 2. The first kappa shape index (κ1) is 33.9. The van der Waals surface area contributed by atoms with Crippen LogP contribution in [-0.4, -0.2) is 4.57 Å². The monoisotopic (exact) mass is 771 g/mol. The van der Waals surface area contributed by atoms with Crippen molar-refractivity contribution in [1.82, 2.24) is 4.57 Å². The second kappa shape index (κ2) is 13.3. The molecule has 13 aromatic rings. The molecule has 0 bridgehead atoms. The molecule has 0 saturated heterocycles. The second-order valence-electron chi connectivity index (χ2n) is 16.3. The Bertz CT molecular complexity index is 3910. The SMILES string of the molecule is c1ccc(-c2ccc3c(c2)c2ccccc2c2c4ccc(-c5ccc(-c6cccc7c6c6ccccc6n7-c6ccccc6)c6ccccc56)cc4c4ccccc4c32)cc1.